The number of hydrogen-bond donors (Lipinski definition) is 1. The lowest BCUT2D eigenvalue weighted by molar-refractivity contribution is -0.275. The maximum atomic E-state index is 12.4. The Morgan fingerprint density at radius 1 is 1.04 bits per heavy atom. The second-order valence-corrected chi connectivity index (χ2v) is 6.55. The van der Waals surface area contributed by atoms with E-state index in [9.17, 15) is 21.6 Å². The van der Waals surface area contributed by atoms with E-state index in [0.29, 0.717) is 10.6 Å². The number of benzene rings is 2. The normalized spacial score (nSPS) is 12.2. The molecule has 1 N–H and O–H groups in total. The molecule has 4 nitrogen and oxygen atoms in total. The van der Waals surface area contributed by atoms with E-state index >= 15 is 0 Å². The molecular weight excluding hydrogens is 355 g/mol. The third-order valence-corrected chi connectivity index (χ3v) is 4.58. The number of alkyl halides is 3. The topological polar surface area (TPSA) is 55.4 Å². The lowest BCUT2D eigenvalue weighted by Crippen LogP contribution is -2.25. The maximum absolute atomic E-state index is 12.4. The molecule has 23 heavy (non-hydrogen) atoms. The van der Waals surface area contributed by atoms with Crippen molar-refractivity contribution in [3.8, 4) is 5.75 Å². The Hall–Kier alpha value is -1.77. The van der Waals surface area contributed by atoms with Crippen LogP contribution in [0, 0.1) is 0 Å². The molecule has 0 aliphatic carbocycles. The summed E-state index contributed by atoms with van der Waals surface area (Å²) in [5.74, 6) is -0.799. The second kappa shape index (κ2) is 6.77. The molecule has 0 aliphatic heterocycles. The highest BCUT2D eigenvalue weighted by Crippen LogP contribution is 2.29. The van der Waals surface area contributed by atoms with Gasteiger partial charge < -0.3 is 4.74 Å². The summed E-state index contributed by atoms with van der Waals surface area (Å²) in [5, 5.41) is 0.343. The molecule has 9 heteroatoms. The van der Waals surface area contributed by atoms with E-state index in [-0.39, 0.29) is 6.54 Å². The molecule has 0 bridgehead atoms. The third kappa shape index (κ3) is 4.85. The first-order valence-electron chi connectivity index (χ1n) is 6.27. The molecule has 0 amide bonds. The Morgan fingerprint density at radius 2 is 1.65 bits per heavy atom. The average Bonchev–Trinajstić information content (AvgIpc) is 2.45. The molecule has 0 saturated carbocycles. The standard InChI is InChI=1S/C14H11ClF3NO3S/c15-11-6-2-1-5-10(11)9-19-23(20,21)13-8-4-3-7-12(13)22-14(16,17)18/h1-8,19H,9H2. The summed E-state index contributed by atoms with van der Waals surface area (Å²) in [6.07, 6.45) is -4.99. The Morgan fingerprint density at radius 3 is 2.30 bits per heavy atom. The fraction of sp³-hybridized carbons (Fsp3) is 0.143. The first kappa shape index (κ1) is 17.6. The van der Waals surface area contributed by atoms with Crippen molar-refractivity contribution in [1.29, 1.82) is 0 Å². The summed E-state index contributed by atoms with van der Waals surface area (Å²) in [6.45, 7) is -0.164. The molecule has 0 fully saturated rings. The zero-order chi connectivity index (χ0) is 17.1. The van der Waals surface area contributed by atoms with E-state index in [0.717, 1.165) is 12.1 Å². The van der Waals surface area contributed by atoms with E-state index in [2.05, 4.69) is 9.46 Å². The first-order valence-corrected chi connectivity index (χ1v) is 8.13. The monoisotopic (exact) mass is 365 g/mol. The molecule has 0 spiro atoms. The molecule has 0 aromatic heterocycles. The average molecular weight is 366 g/mol. The first-order chi connectivity index (χ1) is 10.7. The van der Waals surface area contributed by atoms with Crippen molar-refractivity contribution in [2.45, 2.75) is 17.8 Å². The predicted molar refractivity (Wildman–Crippen MR) is 78.6 cm³/mol. The van der Waals surface area contributed by atoms with Crippen LogP contribution in [-0.4, -0.2) is 14.8 Å². The molecule has 0 radical (unpaired) electrons. The minimum atomic E-state index is -4.99. The van der Waals surface area contributed by atoms with Crippen LogP contribution in [-0.2, 0) is 16.6 Å². The van der Waals surface area contributed by atoms with Crippen LogP contribution in [0.1, 0.15) is 5.56 Å². The number of nitrogens with one attached hydrogen (secondary N) is 1. The highest BCUT2D eigenvalue weighted by atomic mass is 35.5. The van der Waals surface area contributed by atoms with Crippen molar-refractivity contribution in [2.75, 3.05) is 0 Å². The SMILES string of the molecule is O=S(=O)(NCc1ccccc1Cl)c1ccccc1OC(F)(F)F. The highest BCUT2D eigenvalue weighted by molar-refractivity contribution is 7.89. The van der Waals surface area contributed by atoms with Gasteiger partial charge in [-0.2, -0.15) is 0 Å². The van der Waals surface area contributed by atoms with E-state index in [4.69, 9.17) is 11.6 Å². The highest BCUT2D eigenvalue weighted by Gasteiger charge is 2.33. The zero-order valence-corrected chi connectivity index (χ0v) is 13.0. The summed E-state index contributed by atoms with van der Waals surface area (Å²) in [5.41, 5.74) is 0.493. The molecule has 0 aliphatic rings. The number of sulfonamides is 1. The lowest BCUT2D eigenvalue weighted by atomic mass is 10.2. The van der Waals surface area contributed by atoms with Crippen molar-refractivity contribution >= 4 is 21.6 Å². The van der Waals surface area contributed by atoms with Crippen LogP contribution in [0.15, 0.2) is 53.4 Å². The number of hydrogen-bond acceptors (Lipinski definition) is 3. The van der Waals surface area contributed by atoms with Crippen LogP contribution < -0.4 is 9.46 Å². The smallest absolute Gasteiger partial charge is 0.404 e. The summed E-state index contributed by atoms with van der Waals surface area (Å²) in [6, 6.07) is 11.0. The third-order valence-electron chi connectivity index (χ3n) is 2.77. The summed E-state index contributed by atoms with van der Waals surface area (Å²) < 4.78 is 67.5. The van der Waals surface area contributed by atoms with Gasteiger partial charge in [-0.1, -0.05) is 41.9 Å². The minimum absolute atomic E-state index is 0.164. The van der Waals surface area contributed by atoms with Crippen molar-refractivity contribution in [2.24, 2.45) is 0 Å². The van der Waals surface area contributed by atoms with Crippen LogP contribution >= 0.6 is 11.6 Å². The fourth-order valence-corrected chi connectivity index (χ4v) is 3.11. The molecule has 2 aromatic rings. The van der Waals surface area contributed by atoms with Crippen molar-refractivity contribution in [3.63, 3.8) is 0 Å². The Kier molecular flexibility index (Phi) is 5.18. The lowest BCUT2D eigenvalue weighted by Gasteiger charge is -2.14. The minimum Gasteiger partial charge on any atom is -0.404 e. The van der Waals surface area contributed by atoms with Crippen molar-refractivity contribution in [1.82, 2.24) is 4.72 Å². The van der Waals surface area contributed by atoms with Gasteiger partial charge >= 0.3 is 6.36 Å². The summed E-state index contributed by atoms with van der Waals surface area (Å²) >= 11 is 5.91. The van der Waals surface area contributed by atoms with Crippen molar-refractivity contribution in [3.05, 3.63) is 59.1 Å². The number of para-hydroxylation sites is 1. The van der Waals surface area contributed by atoms with Crippen LogP contribution in [0.4, 0.5) is 13.2 Å². The van der Waals surface area contributed by atoms with E-state index in [1.807, 2.05) is 0 Å². The van der Waals surface area contributed by atoms with Gasteiger partial charge in [-0.15, -0.1) is 13.2 Å². The largest absolute Gasteiger partial charge is 0.573 e. The van der Waals surface area contributed by atoms with Gasteiger partial charge in [-0.05, 0) is 23.8 Å². The van der Waals surface area contributed by atoms with E-state index in [1.165, 1.54) is 12.1 Å². The summed E-state index contributed by atoms with van der Waals surface area (Å²) in [7, 11) is -4.21. The van der Waals surface area contributed by atoms with Crippen LogP contribution in [0.25, 0.3) is 0 Å². The molecular formula is C14H11ClF3NO3S. The Balaban J connectivity index is 2.25. The molecule has 124 valence electrons. The van der Waals surface area contributed by atoms with Crippen molar-refractivity contribution < 1.29 is 26.3 Å². The number of ether oxygens (including phenoxy) is 1. The maximum Gasteiger partial charge on any atom is 0.573 e. The van der Waals surface area contributed by atoms with Crippen LogP contribution in [0.3, 0.4) is 0 Å². The Bertz CT molecular complexity index is 794. The second-order valence-electron chi connectivity index (χ2n) is 4.41. The van der Waals surface area contributed by atoms with Gasteiger partial charge in [0.25, 0.3) is 0 Å². The molecule has 0 saturated heterocycles. The molecule has 2 rings (SSSR count). The molecule has 2 aromatic carbocycles. The number of rotatable bonds is 5. The van der Waals surface area contributed by atoms with Gasteiger partial charge in [0.2, 0.25) is 10.0 Å². The van der Waals surface area contributed by atoms with Crippen LogP contribution in [0.5, 0.6) is 5.75 Å². The van der Waals surface area contributed by atoms with Gasteiger partial charge in [0, 0.05) is 11.6 Å². The predicted octanol–water partition coefficient (Wildman–Crippen LogP) is 3.72. The van der Waals surface area contributed by atoms with E-state index in [1.54, 1.807) is 24.3 Å². The Labute approximate surface area is 135 Å². The fourth-order valence-electron chi connectivity index (χ4n) is 1.77. The molecule has 0 unspecified atom stereocenters. The number of halogens is 4. The molecule has 0 heterocycles. The van der Waals surface area contributed by atoms with Gasteiger partial charge in [0.05, 0.1) is 0 Å². The zero-order valence-electron chi connectivity index (χ0n) is 11.5. The van der Waals surface area contributed by atoms with Gasteiger partial charge in [-0.3, -0.25) is 0 Å². The van der Waals surface area contributed by atoms with Crippen LogP contribution in [0.2, 0.25) is 5.02 Å². The van der Waals surface area contributed by atoms with Gasteiger partial charge in [0.1, 0.15) is 10.6 Å². The molecule has 0 atom stereocenters. The van der Waals surface area contributed by atoms with E-state index < -0.39 is 27.0 Å². The summed E-state index contributed by atoms with van der Waals surface area (Å²) in [4.78, 5) is -0.607. The quantitative estimate of drug-likeness (QED) is 0.878. The van der Waals surface area contributed by atoms with Gasteiger partial charge in [-0.25, -0.2) is 13.1 Å². The van der Waals surface area contributed by atoms with Gasteiger partial charge in [0.15, 0.2) is 0 Å².